The molecule has 1 fully saturated rings. The Kier molecular flexibility index (Phi) is 12.3. The van der Waals surface area contributed by atoms with Crippen LogP contribution in [0, 0.1) is 5.92 Å². The molecular formula is C14H29Cl2F3N4O. The van der Waals surface area contributed by atoms with E-state index in [1.807, 2.05) is 13.8 Å². The van der Waals surface area contributed by atoms with Crippen molar-refractivity contribution in [2.45, 2.75) is 32.1 Å². The summed E-state index contributed by atoms with van der Waals surface area (Å²) in [6.07, 6.45) is -4.35. The largest absolute Gasteiger partial charge is 0.405 e. The van der Waals surface area contributed by atoms with Crippen molar-refractivity contribution in [1.82, 2.24) is 20.4 Å². The van der Waals surface area contributed by atoms with Crippen LogP contribution >= 0.6 is 24.8 Å². The molecule has 0 aromatic heterocycles. The number of piperazine rings is 1. The van der Waals surface area contributed by atoms with Crippen LogP contribution in [-0.4, -0.2) is 80.8 Å². The molecular weight excluding hydrogens is 368 g/mol. The van der Waals surface area contributed by atoms with Crippen LogP contribution in [0.3, 0.4) is 0 Å². The summed E-state index contributed by atoms with van der Waals surface area (Å²) in [4.78, 5) is 15.3. The molecule has 146 valence electrons. The van der Waals surface area contributed by atoms with Crippen LogP contribution in [-0.2, 0) is 4.79 Å². The fraction of sp³-hybridized carbons (Fsp3) is 0.929. The summed E-state index contributed by atoms with van der Waals surface area (Å²) in [6, 6.07) is -2.06. The normalized spacial score (nSPS) is 18.5. The molecule has 2 unspecified atom stereocenters. The van der Waals surface area contributed by atoms with E-state index in [0.29, 0.717) is 26.2 Å². The first kappa shape index (κ1) is 26.0. The van der Waals surface area contributed by atoms with Crippen molar-refractivity contribution in [3.8, 4) is 0 Å². The molecule has 10 heteroatoms. The summed E-state index contributed by atoms with van der Waals surface area (Å²) in [5.74, 6) is -0.331. The highest BCUT2D eigenvalue weighted by Gasteiger charge is 2.44. The molecule has 1 aliphatic heterocycles. The first-order chi connectivity index (χ1) is 10.1. The molecule has 0 aliphatic carbocycles. The topological polar surface area (TPSA) is 47.6 Å². The Morgan fingerprint density at radius 3 is 2.08 bits per heavy atom. The molecule has 1 saturated heterocycles. The molecule has 1 rings (SSSR count). The SMILES string of the molecule is CC(C)C(C(=O)NCC(N1CCNCC1)C(F)(F)F)N(C)C.Cl.Cl. The zero-order valence-corrected chi connectivity index (χ0v) is 16.2. The Hall–Kier alpha value is -0.280. The molecule has 2 N–H and O–H groups in total. The van der Waals surface area contributed by atoms with Crippen LogP contribution in [0.15, 0.2) is 0 Å². The quantitative estimate of drug-likeness (QED) is 0.711. The monoisotopic (exact) mass is 396 g/mol. The van der Waals surface area contributed by atoms with E-state index in [2.05, 4.69) is 10.6 Å². The summed E-state index contributed by atoms with van der Waals surface area (Å²) in [7, 11) is 3.50. The number of rotatable bonds is 6. The van der Waals surface area contributed by atoms with Gasteiger partial charge in [-0.2, -0.15) is 13.2 Å². The number of amides is 1. The lowest BCUT2D eigenvalue weighted by Gasteiger charge is -2.36. The smallest absolute Gasteiger partial charge is 0.353 e. The molecule has 0 spiro atoms. The number of halogens is 5. The second-order valence-electron chi connectivity index (χ2n) is 6.24. The van der Waals surface area contributed by atoms with Gasteiger partial charge >= 0.3 is 6.18 Å². The Morgan fingerprint density at radius 2 is 1.71 bits per heavy atom. The maximum atomic E-state index is 13.2. The second kappa shape index (κ2) is 11.4. The summed E-state index contributed by atoms with van der Waals surface area (Å²) in [6.45, 7) is 5.09. The van der Waals surface area contributed by atoms with E-state index in [-0.39, 0.29) is 36.6 Å². The molecule has 1 heterocycles. The minimum absolute atomic E-state index is 0. The number of hydrogen-bond acceptors (Lipinski definition) is 4. The Morgan fingerprint density at radius 1 is 1.21 bits per heavy atom. The highest BCUT2D eigenvalue weighted by molar-refractivity contribution is 5.85. The lowest BCUT2D eigenvalue weighted by molar-refractivity contribution is -0.184. The average Bonchev–Trinajstić information content (AvgIpc) is 2.37. The third-order valence-corrected chi connectivity index (χ3v) is 3.90. The van der Waals surface area contributed by atoms with E-state index in [1.165, 1.54) is 4.90 Å². The lowest BCUT2D eigenvalue weighted by atomic mass is 10.0. The fourth-order valence-electron chi connectivity index (χ4n) is 2.88. The van der Waals surface area contributed by atoms with Gasteiger partial charge in [-0.1, -0.05) is 13.8 Å². The van der Waals surface area contributed by atoms with Gasteiger partial charge in [-0.15, -0.1) is 24.8 Å². The highest BCUT2D eigenvalue weighted by atomic mass is 35.5. The first-order valence-electron chi connectivity index (χ1n) is 7.60. The van der Waals surface area contributed by atoms with Crippen molar-refractivity contribution in [3.05, 3.63) is 0 Å². The van der Waals surface area contributed by atoms with Crippen molar-refractivity contribution in [1.29, 1.82) is 0 Å². The van der Waals surface area contributed by atoms with Crippen molar-refractivity contribution in [2.75, 3.05) is 46.8 Å². The van der Waals surface area contributed by atoms with Crippen molar-refractivity contribution in [2.24, 2.45) is 5.92 Å². The molecule has 0 saturated carbocycles. The number of nitrogens with one attached hydrogen (secondary N) is 2. The van der Waals surface area contributed by atoms with Crippen LogP contribution in [0.1, 0.15) is 13.8 Å². The minimum Gasteiger partial charge on any atom is -0.353 e. The number of carbonyl (C=O) groups is 1. The van der Waals surface area contributed by atoms with Gasteiger partial charge < -0.3 is 10.6 Å². The number of nitrogens with zero attached hydrogens (tertiary/aromatic N) is 2. The van der Waals surface area contributed by atoms with Gasteiger partial charge in [0.25, 0.3) is 0 Å². The summed E-state index contributed by atoms with van der Waals surface area (Å²) in [5.41, 5.74) is 0. The van der Waals surface area contributed by atoms with Gasteiger partial charge in [0.05, 0.1) is 6.04 Å². The Labute approximate surface area is 154 Å². The first-order valence-corrected chi connectivity index (χ1v) is 7.60. The van der Waals surface area contributed by atoms with Gasteiger partial charge in [-0.3, -0.25) is 14.6 Å². The Bertz CT molecular complexity index is 356. The number of hydrogen-bond donors (Lipinski definition) is 2. The van der Waals surface area contributed by atoms with E-state index in [9.17, 15) is 18.0 Å². The molecule has 1 aliphatic rings. The van der Waals surface area contributed by atoms with Crippen molar-refractivity contribution < 1.29 is 18.0 Å². The maximum Gasteiger partial charge on any atom is 0.405 e. The van der Waals surface area contributed by atoms with Gasteiger partial charge in [0.1, 0.15) is 6.04 Å². The van der Waals surface area contributed by atoms with E-state index in [0.717, 1.165) is 0 Å². The molecule has 0 aromatic carbocycles. The van der Waals surface area contributed by atoms with E-state index in [1.54, 1.807) is 19.0 Å². The summed E-state index contributed by atoms with van der Waals surface area (Å²) >= 11 is 0. The van der Waals surface area contributed by atoms with Crippen molar-refractivity contribution in [3.63, 3.8) is 0 Å². The zero-order chi connectivity index (χ0) is 16.9. The molecule has 0 aromatic rings. The van der Waals surface area contributed by atoms with Gasteiger partial charge in [0.15, 0.2) is 0 Å². The van der Waals surface area contributed by atoms with Crippen LogP contribution in [0.25, 0.3) is 0 Å². The lowest BCUT2D eigenvalue weighted by Crippen LogP contribution is -2.59. The standard InChI is InChI=1S/C14H27F3N4O.2ClH/c1-10(2)12(20(3)4)13(22)19-9-11(14(15,16)17)21-7-5-18-6-8-21;;/h10-12,18H,5-9H2,1-4H3,(H,19,22);2*1H. The van der Waals surface area contributed by atoms with Crippen molar-refractivity contribution >= 4 is 30.7 Å². The zero-order valence-electron chi connectivity index (χ0n) is 14.5. The average molecular weight is 397 g/mol. The van der Waals surface area contributed by atoms with E-state index >= 15 is 0 Å². The van der Waals surface area contributed by atoms with Gasteiger partial charge in [0.2, 0.25) is 5.91 Å². The molecule has 2 atom stereocenters. The number of carbonyl (C=O) groups excluding carboxylic acids is 1. The predicted molar refractivity (Wildman–Crippen MR) is 94.1 cm³/mol. The maximum absolute atomic E-state index is 13.2. The molecule has 0 bridgehead atoms. The molecule has 24 heavy (non-hydrogen) atoms. The van der Waals surface area contributed by atoms with Crippen LogP contribution in [0.5, 0.6) is 0 Å². The number of likely N-dealkylation sites (N-methyl/N-ethyl adjacent to an activating group) is 1. The predicted octanol–water partition coefficient (Wildman–Crippen LogP) is 1.37. The number of alkyl halides is 3. The van der Waals surface area contributed by atoms with Crippen LogP contribution in [0.4, 0.5) is 13.2 Å². The van der Waals surface area contributed by atoms with Gasteiger partial charge in [-0.25, -0.2) is 0 Å². The Balaban J connectivity index is 0. The third-order valence-electron chi connectivity index (χ3n) is 3.90. The van der Waals surface area contributed by atoms with E-state index in [4.69, 9.17) is 0 Å². The van der Waals surface area contributed by atoms with Gasteiger partial charge in [-0.05, 0) is 20.0 Å². The summed E-state index contributed by atoms with van der Waals surface area (Å²) in [5, 5.41) is 5.52. The molecule has 0 radical (unpaired) electrons. The highest BCUT2D eigenvalue weighted by Crippen LogP contribution is 2.25. The minimum atomic E-state index is -4.35. The van der Waals surface area contributed by atoms with Gasteiger partial charge in [0, 0.05) is 32.7 Å². The van der Waals surface area contributed by atoms with Crippen LogP contribution < -0.4 is 10.6 Å². The third kappa shape index (κ3) is 7.74. The fourth-order valence-corrected chi connectivity index (χ4v) is 2.88. The van der Waals surface area contributed by atoms with E-state index < -0.39 is 24.8 Å². The molecule has 5 nitrogen and oxygen atoms in total. The summed E-state index contributed by atoms with van der Waals surface area (Å²) < 4.78 is 39.7. The van der Waals surface area contributed by atoms with Crippen LogP contribution in [0.2, 0.25) is 0 Å². The second-order valence-corrected chi connectivity index (χ2v) is 6.24. The molecule has 1 amide bonds.